The molecule has 86 valence electrons. The first-order valence-corrected chi connectivity index (χ1v) is 7.79. The third-order valence-electron chi connectivity index (χ3n) is 2.10. The smallest absolute Gasteiger partial charge is 0.157 e. The Morgan fingerprint density at radius 2 is 2.06 bits per heavy atom. The number of nitrogens with one attached hydrogen (secondary N) is 1. The van der Waals surface area contributed by atoms with Crippen LogP contribution < -0.4 is 5.32 Å². The van der Waals surface area contributed by atoms with Gasteiger partial charge in [-0.25, -0.2) is 0 Å². The molecule has 16 heavy (non-hydrogen) atoms. The molecule has 1 N–H and O–H groups in total. The Kier molecular flexibility index (Phi) is 4.12. The number of rotatable bonds is 3. The van der Waals surface area contributed by atoms with Gasteiger partial charge < -0.3 is 5.32 Å². The molecule has 7 heteroatoms. The maximum absolute atomic E-state index is 4.21. The first-order chi connectivity index (χ1) is 7.61. The molecule has 0 aromatic carbocycles. The van der Waals surface area contributed by atoms with Crippen LogP contribution in [0.4, 0.5) is 0 Å². The number of halogens is 2. The molecule has 0 aliphatic carbocycles. The van der Waals surface area contributed by atoms with E-state index in [1.807, 2.05) is 7.05 Å². The third kappa shape index (κ3) is 2.53. The van der Waals surface area contributed by atoms with Gasteiger partial charge in [0.05, 0.1) is 14.7 Å². The van der Waals surface area contributed by atoms with E-state index in [-0.39, 0.29) is 6.04 Å². The lowest BCUT2D eigenvalue weighted by Crippen LogP contribution is -2.11. The molecule has 2 rings (SSSR count). The monoisotopic (exact) mass is 381 g/mol. The van der Waals surface area contributed by atoms with E-state index in [1.54, 1.807) is 22.7 Å². The summed E-state index contributed by atoms with van der Waals surface area (Å²) in [4.78, 5) is 1.13. The average molecular weight is 383 g/mol. The van der Waals surface area contributed by atoms with Gasteiger partial charge in [0.1, 0.15) is 5.01 Å². The number of hydrogen-bond acceptors (Lipinski definition) is 5. The van der Waals surface area contributed by atoms with Crippen LogP contribution in [0, 0.1) is 0 Å². The van der Waals surface area contributed by atoms with Crippen molar-refractivity contribution >= 4 is 54.5 Å². The SMILES string of the molecule is CNC(C)c1nnc(-c2cc(Br)c(Br)s2)s1. The molecule has 0 saturated carbocycles. The van der Waals surface area contributed by atoms with Crippen molar-refractivity contribution in [3.8, 4) is 9.88 Å². The van der Waals surface area contributed by atoms with Crippen LogP contribution in [-0.2, 0) is 0 Å². The maximum Gasteiger partial charge on any atom is 0.157 e. The number of thiophene rings is 1. The Morgan fingerprint density at radius 3 is 2.62 bits per heavy atom. The van der Waals surface area contributed by atoms with Crippen LogP contribution in [0.25, 0.3) is 9.88 Å². The fourth-order valence-corrected chi connectivity index (χ4v) is 4.07. The van der Waals surface area contributed by atoms with E-state index < -0.39 is 0 Å². The Balaban J connectivity index is 2.31. The van der Waals surface area contributed by atoms with Crippen LogP contribution in [0.2, 0.25) is 0 Å². The van der Waals surface area contributed by atoms with Crippen molar-refractivity contribution in [1.82, 2.24) is 15.5 Å². The largest absolute Gasteiger partial charge is 0.311 e. The van der Waals surface area contributed by atoms with Crippen LogP contribution in [0.15, 0.2) is 14.3 Å². The molecule has 0 radical (unpaired) electrons. The van der Waals surface area contributed by atoms with Gasteiger partial charge in [-0.2, -0.15) is 0 Å². The summed E-state index contributed by atoms with van der Waals surface area (Å²) in [5.74, 6) is 0. The summed E-state index contributed by atoms with van der Waals surface area (Å²) in [6.45, 7) is 2.07. The van der Waals surface area contributed by atoms with E-state index in [0.717, 1.165) is 23.2 Å². The van der Waals surface area contributed by atoms with Crippen molar-refractivity contribution in [2.24, 2.45) is 0 Å². The summed E-state index contributed by atoms with van der Waals surface area (Å²) < 4.78 is 2.15. The summed E-state index contributed by atoms with van der Waals surface area (Å²) in [6.07, 6.45) is 0. The zero-order chi connectivity index (χ0) is 11.7. The first-order valence-electron chi connectivity index (χ1n) is 4.57. The average Bonchev–Trinajstić information content (AvgIpc) is 2.86. The minimum atomic E-state index is 0.248. The second kappa shape index (κ2) is 5.22. The Bertz CT molecular complexity index is 475. The molecular formula is C9H9Br2N3S2. The molecule has 1 unspecified atom stereocenters. The predicted octanol–water partition coefficient (Wildman–Crippen LogP) is 4.07. The molecule has 1 atom stereocenters. The highest BCUT2D eigenvalue weighted by Crippen LogP contribution is 2.39. The second-order valence-corrected chi connectivity index (χ2v) is 7.42. The van der Waals surface area contributed by atoms with Gasteiger partial charge in [-0.1, -0.05) is 11.3 Å². The van der Waals surface area contributed by atoms with Gasteiger partial charge >= 0.3 is 0 Å². The van der Waals surface area contributed by atoms with E-state index in [1.165, 1.54) is 0 Å². The van der Waals surface area contributed by atoms with E-state index in [2.05, 4.69) is 60.4 Å². The minimum absolute atomic E-state index is 0.248. The van der Waals surface area contributed by atoms with E-state index in [9.17, 15) is 0 Å². The van der Waals surface area contributed by atoms with Crippen LogP contribution in [0.1, 0.15) is 18.0 Å². The third-order valence-corrected chi connectivity index (χ3v) is 6.63. The Hall–Kier alpha value is 0.180. The molecule has 0 amide bonds. The highest BCUT2D eigenvalue weighted by molar-refractivity contribution is 9.13. The van der Waals surface area contributed by atoms with Crippen molar-refractivity contribution in [2.75, 3.05) is 7.05 Å². The Morgan fingerprint density at radius 1 is 1.31 bits per heavy atom. The molecule has 0 saturated heterocycles. The fraction of sp³-hybridized carbons (Fsp3) is 0.333. The molecular weight excluding hydrogens is 374 g/mol. The first kappa shape index (κ1) is 12.6. The highest BCUT2D eigenvalue weighted by atomic mass is 79.9. The number of aromatic nitrogens is 2. The lowest BCUT2D eigenvalue weighted by molar-refractivity contribution is 0.640. The van der Waals surface area contributed by atoms with Gasteiger partial charge in [-0.05, 0) is 51.9 Å². The van der Waals surface area contributed by atoms with Crippen molar-refractivity contribution in [3.05, 3.63) is 19.3 Å². The Labute approximate surface area is 119 Å². The molecule has 2 aromatic heterocycles. The van der Waals surface area contributed by atoms with E-state index >= 15 is 0 Å². The second-order valence-electron chi connectivity index (χ2n) is 3.19. The van der Waals surface area contributed by atoms with Crippen LogP contribution in [0.5, 0.6) is 0 Å². The van der Waals surface area contributed by atoms with Crippen molar-refractivity contribution in [2.45, 2.75) is 13.0 Å². The van der Waals surface area contributed by atoms with Crippen LogP contribution in [0.3, 0.4) is 0 Å². The molecule has 0 aliphatic heterocycles. The molecule has 0 aliphatic rings. The quantitative estimate of drug-likeness (QED) is 0.869. The fourth-order valence-electron chi connectivity index (χ4n) is 1.08. The van der Waals surface area contributed by atoms with Crippen LogP contribution in [-0.4, -0.2) is 17.2 Å². The van der Waals surface area contributed by atoms with Gasteiger partial charge in [0.2, 0.25) is 0 Å². The number of hydrogen-bond donors (Lipinski definition) is 1. The van der Waals surface area contributed by atoms with Crippen molar-refractivity contribution in [1.29, 1.82) is 0 Å². The normalized spacial score (nSPS) is 13.0. The molecule has 3 nitrogen and oxygen atoms in total. The number of nitrogens with zero attached hydrogens (tertiary/aromatic N) is 2. The summed E-state index contributed by atoms with van der Waals surface area (Å²) in [6, 6.07) is 2.31. The zero-order valence-corrected chi connectivity index (χ0v) is 13.4. The van der Waals surface area contributed by atoms with Gasteiger partial charge in [0.25, 0.3) is 0 Å². The van der Waals surface area contributed by atoms with Crippen molar-refractivity contribution < 1.29 is 0 Å². The minimum Gasteiger partial charge on any atom is -0.311 e. The van der Waals surface area contributed by atoms with Crippen molar-refractivity contribution in [3.63, 3.8) is 0 Å². The standard InChI is InChI=1S/C9H9Br2N3S2/c1-4(12-2)8-13-14-9(16-8)6-3-5(10)7(11)15-6/h3-4,12H,1-2H3. The molecule has 2 heterocycles. The van der Waals surface area contributed by atoms with Gasteiger partial charge in [-0.15, -0.1) is 21.5 Å². The summed E-state index contributed by atoms with van der Waals surface area (Å²) in [7, 11) is 1.92. The molecule has 0 fully saturated rings. The summed E-state index contributed by atoms with van der Waals surface area (Å²) >= 11 is 10.2. The highest BCUT2D eigenvalue weighted by Gasteiger charge is 2.14. The maximum atomic E-state index is 4.21. The zero-order valence-electron chi connectivity index (χ0n) is 8.62. The van der Waals surface area contributed by atoms with E-state index in [4.69, 9.17) is 0 Å². The molecule has 0 bridgehead atoms. The molecule has 2 aromatic rings. The predicted molar refractivity (Wildman–Crippen MR) is 76.1 cm³/mol. The van der Waals surface area contributed by atoms with Crippen LogP contribution >= 0.6 is 54.5 Å². The lowest BCUT2D eigenvalue weighted by Gasteiger charge is -2.02. The summed E-state index contributed by atoms with van der Waals surface area (Å²) in [5.41, 5.74) is 0. The van der Waals surface area contributed by atoms with Gasteiger partial charge in [-0.3, -0.25) is 0 Å². The van der Waals surface area contributed by atoms with Gasteiger partial charge in [0.15, 0.2) is 5.01 Å². The summed E-state index contributed by atoms with van der Waals surface area (Å²) in [5, 5.41) is 13.5. The lowest BCUT2D eigenvalue weighted by atomic mass is 10.4. The van der Waals surface area contributed by atoms with Gasteiger partial charge in [0, 0.05) is 4.47 Å². The topological polar surface area (TPSA) is 37.8 Å². The molecule has 0 spiro atoms. The van der Waals surface area contributed by atoms with E-state index in [0.29, 0.717) is 0 Å².